The zero-order valence-electron chi connectivity index (χ0n) is 11.7. The molecule has 2 aromatic rings. The van der Waals surface area contributed by atoms with Crippen molar-refractivity contribution < 1.29 is 27.3 Å². The Hall–Kier alpha value is -2.13. The summed E-state index contributed by atoms with van der Waals surface area (Å²) in [5.41, 5.74) is 0.457. The maximum atomic E-state index is 12.4. The van der Waals surface area contributed by atoms with Crippen LogP contribution in [0.3, 0.4) is 0 Å². The van der Waals surface area contributed by atoms with E-state index in [1.54, 1.807) is 13.0 Å². The van der Waals surface area contributed by atoms with Gasteiger partial charge in [0.1, 0.15) is 16.4 Å². The minimum absolute atomic E-state index is 0.00664. The molecule has 0 saturated heterocycles. The minimum Gasteiger partial charge on any atom is -0.475 e. The number of aromatic nitrogens is 1. The first kappa shape index (κ1) is 15.3. The van der Waals surface area contributed by atoms with Crippen LogP contribution < -0.4 is 0 Å². The third-order valence-corrected chi connectivity index (χ3v) is 4.74. The van der Waals surface area contributed by atoms with Crippen molar-refractivity contribution in [2.45, 2.75) is 25.3 Å². The van der Waals surface area contributed by atoms with Crippen LogP contribution in [0.5, 0.6) is 0 Å². The van der Waals surface area contributed by atoms with Gasteiger partial charge in [-0.25, -0.2) is 13.2 Å². The molecule has 0 fully saturated rings. The van der Waals surface area contributed by atoms with Crippen LogP contribution in [0.1, 0.15) is 27.8 Å². The molecular weight excluding hydrogens is 300 g/mol. The van der Waals surface area contributed by atoms with Crippen molar-refractivity contribution in [3.8, 4) is 0 Å². The predicted octanol–water partition coefficient (Wildman–Crippen LogP) is 1.40. The summed E-state index contributed by atoms with van der Waals surface area (Å²) in [4.78, 5) is 10.7. The summed E-state index contributed by atoms with van der Waals surface area (Å²) in [7, 11) is -2.51. The maximum absolute atomic E-state index is 12.4. The Bertz CT molecular complexity index is 774. The van der Waals surface area contributed by atoms with Crippen LogP contribution in [0.4, 0.5) is 0 Å². The smallest absolute Gasteiger partial charge is 0.371 e. The Morgan fingerprint density at radius 3 is 2.52 bits per heavy atom. The lowest BCUT2D eigenvalue weighted by Crippen LogP contribution is -2.26. The Labute approximate surface area is 121 Å². The lowest BCUT2D eigenvalue weighted by Gasteiger charge is -2.14. The van der Waals surface area contributed by atoms with E-state index in [0.29, 0.717) is 11.5 Å². The Balaban J connectivity index is 2.30. The average molecular weight is 314 g/mol. The van der Waals surface area contributed by atoms with Crippen molar-refractivity contribution in [1.29, 1.82) is 0 Å². The summed E-state index contributed by atoms with van der Waals surface area (Å²) < 4.78 is 35.7. The molecule has 0 spiro atoms. The number of aryl methyl sites for hydroxylation is 2. The molecule has 2 heterocycles. The molecule has 0 radical (unpaired) electrons. The number of carboxylic acids is 1. The second-order valence-corrected chi connectivity index (χ2v) is 6.54. The third kappa shape index (κ3) is 2.98. The van der Waals surface area contributed by atoms with Gasteiger partial charge >= 0.3 is 5.97 Å². The molecule has 0 amide bonds. The fourth-order valence-electron chi connectivity index (χ4n) is 1.80. The first-order valence-electron chi connectivity index (χ1n) is 5.94. The predicted molar refractivity (Wildman–Crippen MR) is 70.3 cm³/mol. The number of carboxylic acid groups (broad SMARTS) is 1. The fraction of sp³-hybridized carbons (Fsp3) is 0.333. The van der Waals surface area contributed by atoms with Crippen molar-refractivity contribution in [3.63, 3.8) is 0 Å². The monoisotopic (exact) mass is 314 g/mol. The summed E-state index contributed by atoms with van der Waals surface area (Å²) in [5, 5.41) is 12.6. The van der Waals surface area contributed by atoms with Gasteiger partial charge in [-0.2, -0.15) is 4.31 Å². The van der Waals surface area contributed by atoms with Crippen LogP contribution in [-0.4, -0.2) is 36.0 Å². The van der Waals surface area contributed by atoms with E-state index >= 15 is 0 Å². The molecule has 2 aromatic heterocycles. The van der Waals surface area contributed by atoms with E-state index in [2.05, 4.69) is 5.16 Å². The fourth-order valence-corrected chi connectivity index (χ4v) is 3.10. The number of aromatic carboxylic acids is 1. The summed E-state index contributed by atoms with van der Waals surface area (Å²) in [6.45, 7) is 3.10. The molecule has 2 rings (SSSR count). The number of rotatable bonds is 5. The highest BCUT2D eigenvalue weighted by atomic mass is 32.2. The molecule has 8 nitrogen and oxygen atoms in total. The van der Waals surface area contributed by atoms with Crippen molar-refractivity contribution in [3.05, 3.63) is 35.1 Å². The van der Waals surface area contributed by atoms with E-state index in [1.165, 1.54) is 14.0 Å². The average Bonchev–Trinajstić information content (AvgIpc) is 2.96. The molecule has 114 valence electrons. The lowest BCUT2D eigenvalue weighted by atomic mass is 10.4. The first-order valence-corrected chi connectivity index (χ1v) is 7.38. The molecule has 0 atom stereocenters. The number of nitrogens with zero attached hydrogens (tertiary/aromatic N) is 2. The van der Waals surface area contributed by atoms with E-state index in [1.807, 2.05) is 0 Å². The van der Waals surface area contributed by atoms with Crippen LogP contribution in [0.25, 0.3) is 0 Å². The second-order valence-electron chi connectivity index (χ2n) is 4.53. The molecule has 9 heteroatoms. The normalized spacial score (nSPS) is 12.0. The van der Waals surface area contributed by atoms with E-state index in [-0.39, 0.29) is 17.2 Å². The molecule has 0 aliphatic carbocycles. The molecule has 1 N–H and O–H groups in total. The van der Waals surface area contributed by atoms with Gasteiger partial charge in [0.25, 0.3) is 0 Å². The van der Waals surface area contributed by atoms with Crippen molar-refractivity contribution in [2.75, 3.05) is 7.05 Å². The quantitative estimate of drug-likeness (QED) is 0.887. The van der Waals surface area contributed by atoms with Crippen LogP contribution in [0.15, 0.2) is 26.0 Å². The number of sulfonamides is 1. The molecule has 0 saturated carbocycles. The van der Waals surface area contributed by atoms with Gasteiger partial charge in [0.15, 0.2) is 0 Å². The molecular formula is C12H14N2O6S. The van der Waals surface area contributed by atoms with Gasteiger partial charge < -0.3 is 14.0 Å². The van der Waals surface area contributed by atoms with Gasteiger partial charge in [0, 0.05) is 19.2 Å². The topological polar surface area (TPSA) is 114 Å². The standard InChI is InChI=1S/C12H14N2O6S/c1-7-4-9(13-20-7)6-14(3)21(17,18)11-5-10(12(15)16)19-8(11)2/h4-5H,6H2,1-3H3,(H,15,16). The Morgan fingerprint density at radius 1 is 1.38 bits per heavy atom. The van der Waals surface area contributed by atoms with Gasteiger partial charge in [0.05, 0.1) is 12.2 Å². The maximum Gasteiger partial charge on any atom is 0.371 e. The highest BCUT2D eigenvalue weighted by Crippen LogP contribution is 2.24. The number of carbonyl (C=O) groups is 1. The highest BCUT2D eigenvalue weighted by molar-refractivity contribution is 7.89. The Morgan fingerprint density at radius 2 is 2.05 bits per heavy atom. The molecule has 0 aromatic carbocycles. The van der Waals surface area contributed by atoms with E-state index in [9.17, 15) is 13.2 Å². The van der Waals surface area contributed by atoms with Gasteiger partial charge in [-0.1, -0.05) is 5.16 Å². The number of hydrogen-bond donors (Lipinski definition) is 1. The minimum atomic E-state index is -3.88. The summed E-state index contributed by atoms with van der Waals surface area (Å²) >= 11 is 0. The van der Waals surface area contributed by atoms with Crippen LogP contribution >= 0.6 is 0 Å². The second kappa shape index (κ2) is 5.34. The molecule has 0 bridgehead atoms. The first-order chi connectivity index (χ1) is 9.71. The Kier molecular flexibility index (Phi) is 3.88. The zero-order chi connectivity index (χ0) is 15.8. The van der Waals surface area contributed by atoms with Gasteiger partial charge in [0.2, 0.25) is 15.8 Å². The van der Waals surface area contributed by atoms with Crippen LogP contribution in [0, 0.1) is 13.8 Å². The van der Waals surface area contributed by atoms with Crippen molar-refractivity contribution in [2.24, 2.45) is 0 Å². The van der Waals surface area contributed by atoms with Crippen molar-refractivity contribution >= 4 is 16.0 Å². The van der Waals surface area contributed by atoms with E-state index in [0.717, 1.165) is 10.4 Å². The van der Waals surface area contributed by atoms with E-state index < -0.39 is 21.8 Å². The molecule has 0 unspecified atom stereocenters. The largest absolute Gasteiger partial charge is 0.475 e. The molecule has 0 aliphatic rings. The number of hydrogen-bond acceptors (Lipinski definition) is 6. The van der Waals surface area contributed by atoms with Gasteiger partial charge in [-0.05, 0) is 13.8 Å². The summed E-state index contributed by atoms with van der Waals surface area (Å²) in [5.74, 6) is -1.15. The van der Waals surface area contributed by atoms with Gasteiger partial charge in [-0.3, -0.25) is 0 Å². The zero-order valence-corrected chi connectivity index (χ0v) is 12.5. The van der Waals surface area contributed by atoms with Crippen LogP contribution in [0.2, 0.25) is 0 Å². The van der Waals surface area contributed by atoms with Crippen LogP contribution in [-0.2, 0) is 16.6 Å². The lowest BCUT2D eigenvalue weighted by molar-refractivity contribution is 0.0661. The summed E-state index contributed by atoms with van der Waals surface area (Å²) in [6.07, 6.45) is 0. The van der Waals surface area contributed by atoms with Gasteiger partial charge in [-0.15, -0.1) is 0 Å². The summed E-state index contributed by atoms with van der Waals surface area (Å²) in [6, 6.07) is 2.62. The third-order valence-electron chi connectivity index (χ3n) is 2.83. The molecule has 21 heavy (non-hydrogen) atoms. The SMILES string of the molecule is Cc1cc(CN(C)S(=O)(=O)c2cc(C(=O)O)oc2C)no1. The van der Waals surface area contributed by atoms with E-state index in [4.69, 9.17) is 14.0 Å². The highest BCUT2D eigenvalue weighted by Gasteiger charge is 2.28. The number of furan rings is 1. The molecule has 0 aliphatic heterocycles. The van der Waals surface area contributed by atoms with Crippen molar-refractivity contribution in [1.82, 2.24) is 9.46 Å².